The summed E-state index contributed by atoms with van der Waals surface area (Å²) >= 11 is 5.70. The largest absolute Gasteiger partial charge is 0.458 e. The van der Waals surface area contributed by atoms with Crippen LogP contribution in [0.15, 0.2) is 36.5 Å². The van der Waals surface area contributed by atoms with Gasteiger partial charge in [-0.3, -0.25) is 9.36 Å². The van der Waals surface area contributed by atoms with E-state index in [9.17, 15) is 26.7 Å². The number of nitrogens with zero attached hydrogens (tertiary/aromatic N) is 1. The molecule has 0 N–H and O–H groups in total. The molecule has 1 heterocycles. The summed E-state index contributed by atoms with van der Waals surface area (Å²) in [4.78, 5) is 11.1. The Labute approximate surface area is 132 Å². The zero-order chi connectivity index (χ0) is 17.4. The fourth-order valence-electron chi connectivity index (χ4n) is 1.85. The van der Waals surface area contributed by atoms with Crippen LogP contribution >= 0.6 is 11.6 Å². The van der Waals surface area contributed by atoms with Crippen LogP contribution in [0.2, 0.25) is 5.02 Å². The lowest BCUT2D eigenvalue weighted by Crippen LogP contribution is -2.34. The van der Waals surface area contributed by atoms with Crippen LogP contribution in [0.5, 0.6) is 5.88 Å². The Morgan fingerprint density at radius 2 is 1.65 bits per heavy atom. The molecule has 1 aromatic carbocycles. The van der Waals surface area contributed by atoms with E-state index < -0.39 is 29.5 Å². The van der Waals surface area contributed by atoms with Gasteiger partial charge in [-0.1, -0.05) is 11.6 Å². The minimum Gasteiger partial charge on any atom is -0.409 e. The summed E-state index contributed by atoms with van der Waals surface area (Å²) < 4.78 is 70.5. The van der Waals surface area contributed by atoms with Crippen LogP contribution in [0, 0.1) is 0 Å². The van der Waals surface area contributed by atoms with Crippen LogP contribution in [0.3, 0.4) is 0 Å². The van der Waals surface area contributed by atoms with Gasteiger partial charge in [-0.15, -0.1) is 0 Å². The SMILES string of the molecule is CC(=O)Oc1c(C(F)(F)C(F)(F)F)ccn1-c1ccc(Cl)cc1. The quantitative estimate of drug-likeness (QED) is 0.591. The van der Waals surface area contributed by atoms with Crippen molar-refractivity contribution in [3.63, 3.8) is 0 Å². The molecule has 0 saturated heterocycles. The van der Waals surface area contributed by atoms with E-state index in [1.165, 1.54) is 24.3 Å². The second-order valence-electron chi connectivity index (χ2n) is 4.55. The lowest BCUT2D eigenvalue weighted by atomic mass is 10.1. The third-order valence-corrected chi connectivity index (χ3v) is 3.13. The second kappa shape index (κ2) is 5.84. The molecule has 0 spiro atoms. The monoisotopic (exact) mass is 353 g/mol. The van der Waals surface area contributed by atoms with Crippen LogP contribution in [0.25, 0.3) is 5.69 Å². The first-order valence-corrected chi connectivity index (χ1v) is 6.52. The number of rotatable bonds is 3. The molecule has 0 aliphatic rings. The number of aromatic nitrogens is 1. The Kier molecular flexibility index (Phi) is 4.39. The van der Waals surface area contributed by atoms with E-state index in [1.54, 1.807) is 0 Å². The molecule has 0 unspecified atom stereocenters. The van der Waals surface area contributed by atoms with E-state index in [0.29, 0.717) is 11.1 Å². The molecule has 0 fully saturated rings. The molecule has 23 heavy (non-hydrogen) atoms. The van der Waals surface area contributed by atoms with Gasteiger partial charge in [0.15, 0.2) is 0 Å². The van der Waals surface area contributed by atoms with Crippen molar-refractivity contribution in [2.24, 2.45) is 0 Å². The molecule has 0 radical (unpaired) electrons. The Morgan fingerprint density at radius 3 is 2.13 bits per heavy atom. The predicted octanol–water partition coefficient (Wildman–Crippen LogP) is 4.71. The molecule has 0 bridgehead atoms. The Hall–Kier alpha value is -2.09. The molecular weight excluding hydrogens is 345 g/mol. The standard InChI is InChI=1S/C14H9ClF5NO2/c1-8(22)23-12-11(13(16,17)14(18,19)20)6-7-21(12)10-4-2-9(15)3-5-10/h2-7H,1H3. The average Bonchev–Trinajstić information content (AvgIpc) is 2.81. The van der Waals surface area contributed by atoms with Gasteiger partial charge >= 0.3 is 18.1 Å². The number of hydrogen-bond donors (Lipinski definition) is 0. The molecule has 0 saturated carbocycles. The zero-order valence-corrected chi connectivity index (χ0v) is 12.3. The van der Waals surface area contributed by atoms with Crippen LogP contribution in [-0.4, -0.2) is 16.7 Å². The first-order chi connectivity index (χ1) is 10.5. The number of esters is 1. The maximum atomic E-state index is 13.6. The molecule has 2 aromatic rings. The zero-order valence-electron chi connectivity index (χ0n) is 11.5. The van der Waals surface area contributed by atoms with Gasteiger partial charge in [-0.25, -0.2) is 0 Å². The van der Waals surface area contributed by atoms with E-state index >= 15 is 0 Å². The fourth-order valence-corrected chi connectivity index (χ4v) is 1.98. The summed E-state index contributed by atoms with van der Waals surface area (Å²) in [6.45, 7) is 0.898. The summed E-state index contributed by atoms with van der Waals surface area (Å²) in [6.07, 6.45) is -4.87. The van der Waals surface area contributed by atoms with Crippen molar-refractivity contribution in [1.29, 1.82) is 0 Å². The van der Waals surface area contributed by atoms with E-state index in [-0.39, 0.29) is 5.69 Å². The molecule has 9 heteroatoms. The summed E-state index contributed by atoms with van der Waals surface area (Å²) in [5, 5.41) is 0.343. The number of alkyl halides is 5. The van der Waals surface area contributed by atoms with Gasteiger partial charge in [0, 0.05) is 23.8 Å². The third kappa shape index (κ3) is 3.31. The Balaban J connectivity index is 2.62. The first kappa shape index (κ1) is 17.3. The van der Waals surface area contributed by atoms with Gasteiger partial charge in [0.2, 0.25) is 5.88 Å². The molecule has 1 aromatic heterocycles. The highest BCUT2D eigenvalue weighted by atomic mass is 35.5. The minimum atomic E-state index is -5.83. The Morgan fingerprint density at radius 1 is 1.09 bits per heavy atom. The smallest absolute Gasteiger partial charge is 0.409 e. The lowest BCUT2D eigenvalue weighted by Gasteiger charge is -2.20. The number of carbonyl (C=O) groups excluding carboxylic acids is 1. The summed E-state index contributed by atoms with van der Waals surface area (Å²) in [5.74, 6) is -7.10. The summed E-state index contributed by atoms with van der Waals surface area (Å²) in [6, 6.07) is 6.14. The van der Waals surface area contributed by atoms with E-state index in [1.807, 2.05) is 0 Å². The Bertz CT molecular complexity index is 722. The van der Waals surface area contributed by atoms with Crippen molar-refractivity contribution < 1.29 is 31.5 Å². The second-order valence-corrected chi connectivity index (χ2v) is 4.98. The molecule has 0 amide bonds. The molecule has 0 atom stereocenters. The first-order valence-electron chi connectivity index (χ1n) is 6.15. The minimum absolute atomic E-state index is 0.204. The highest BCUT2D eigenvalue weighted by Gasteiger charge is 2.60. The van der Waals surface area contributed by atoms with E-state index in [4.69, 9.17) is 11.6 Å². The van der Waals surface area contributed by atoms with Crippen LogP contribution in [0.4, 0.5) is 22.0 Å². The average molecular weight is 354 g/mol. The van der Waals surface area contributed by atoms with Gasteiger partial charge in [0.25, 0.3) is 0 Å². The third-order valence-electron chi connectivity index (χ3n) is 2.88. The van der Waals surface area contributed by atoms with Gasteiger partial charge in [-0.2, -0.15) is 22.0 Å². The topological polar surface area (TPSA) is 31.2 Å². The molecule has 3 nitrogen and oxygen atoms in total. The number of hydrogen-bond acceptors (Lipinski definition) is 2. The number of carbonyl (C=O) groups is 1. The molecule has 0 aliphatic heterocycles. The lowest BCUT2D eigenvalue weighted by molar-refractivity contribution is -0.289. The van der Waals surface area contributed by atoms with E-state index in [0.717, 1.165) is 17.7 Å². The van der Waals surface area contributed by atoms with Gasteiger partial charge in [-0.05, 0) is 30.3 Å². The molecule has 2 rings (SSSR count). The number of ether oxygens (including phenoxy) is 1. The molecular formula is C14H9ClF5NO2. The van der Waals surface area contributed by atoms with Crippen LogP contribution < -0.4 is 4.74 Å². The van der Waals surface area contributed by atoms with Gasteiger partial charge in [0.1, 0.15) is 0 Å². The van der Waals surface area contributed by atoms with Crippen molar-refractivity contribution >= 4 is 17.6 Å². The normalized spacial score (nSPS) is 12.3. The highest BCUT2D eigenvalue weighted by molar-refractivity contribution is 6.30. The molecule has 124 valence electrons. The van der Waals surface area contributed by atoms with Crippen molar-refractivity contribution in [3.05, 3.63) is 47.1 Å². The summed E-state index contributed by atoms with van der Waals surface area (Å²) in [7, 11) is 0. The number of benzene rings is 1. The molecule has 0 aliphatic carbocycles. The predicted molar refractivity (Wildman–Crippen MR) is 72.0 cm³/mol. The summed E-state index contributed by atoms with van der Waals surface area (Å²) in [5.41, 5.74) is -1.25. The maximum Gasteiger partial charge on any atom is 0.458 e. The number of halogens is 6. The highest BCUT2D eigenvalue weighted by Crippen LogP contribution is 2.48. The maximum absolute atomic E-state index is 13.6. The van der Waals surface area contributed by atoms with Crippen molar-refractivity contribution in [1.82, 2.24) is 4.57 Å². The van der Waals surface area contributed by atoms with Crippen LogP contribution in [-0.2, 0) is 10.7 Å². The van der Waals surface area contributed by atoms with Gasteiger partial charge in [0.05, 0.1) is 5.56 Å². The van der Waals surface area contributed by atoms with Gasteiger partial charge < -0.3 is 4.74 Å². The fraction of sp³-hybridized carbons (Fsp3) is 0.214. The van der Waals surface area contributed by atoms with Crippen LogP contribution in [0.1, 0.15) is 12.5 Å². The van der Waals surface area contributed by atoms with Crippen molar-refractivity contribution in [2.45, 2.75) is 19.0 Å². The van der Waals surface area contributed by atoms with E-state index in [2.05, 4.69) is 4.74 Å². The van der Waals surface area contributed by atoms with Crippen molar-refractivity contribution in [2.75, 3.05) is 0 Å². The van der Waals surface area contributed by atoms with Crippen molar-refractivity contribution in [3.8, 4) is 11.6 Å².